The number of hydrogen-bond acceptors (Lipinski definition) is 11. The molecule has 39 heavy (non-hydrogen) atoms. The van der Waals surface area contributed by atoms with Crippen molar-refractivity contribution in [1.82, 2.24) is 9.55 Å². The summed E-state index contributed by atoms with van der Waals surface area (Å²) in [4.78, 5) is 62.4. The van der Waals surface area contributed by atoms with Crippen molar-refractivity contribution in [1.29, 1.82) is 0 Å². The summed E-state index contributed by atoms with van der Waals surface area (Å²) >= 11 is 0. The van der Waals surface area contributed by atoms with Gasteiger partial charge in [-0.15, -0.1) is 0 Å². The summed E-state index contributed by atoms with van der Waals surface area (Å²) < 4.78 is 53.9. The summed E-state index contributed by atoms with van der Waals surface area (Å²) in [6, 6.07) is 0.944. The van der Waals surface area contributed by atoms with E-state index in [2.05, 4.69) is 8.62 Å². The first-order chi connectivity index (χ1) is 17.8. The van der Waals surface area contributed by atoms with E-state index in [0.717, 1.165) is 28.0 Å². The second-order valence-electron chi connectivity index (χ2n) is 8.83. The number of rotatable bonds is 13. The van der Waals surface area contributed by atoms with E-state index in [-0.39, 0.29) is 6.42 Å². The van der Waals surface area contributed by atoms with Gasteiger partial charge in [-0.3, -0.25) is 18.9 Å². The van der Waals surface area contributed by atoms with E-state index in [0.29, 0.717) is 12.8 Å². The summed E-state index contributed by atoms with van der Waals surface area (Å²) in [5, 5.41) is 21.2. The molecule has 0 amide bonds. The molecule has 3 unspecified atom stereocenters. The number of phosphoric acid groups is 3. The van der Waals surface area contributed by atoms with Crippen molar-refractivity contribution >= 4 is 23.5 Å². The van der Waals surface area contributed by atoms with Gasteiger partial charge in [-0.2, -0.15) is 8.62 Å². The molecule has 7 N–H and O–H groups in total. The van der Waals surface area contributed by atoms with Gasteiger partial charge in [0.25, 0.3) is 5.56 Å². The molecule has 0 aliphatic carbocycles. The molecule has 222 valence electrons. The molecular weight excluding hydrogens is 589 g/mol. The van der Waals surface area contributed by atoms with Gasteiger partial charge in [-0.25, -0.2) is 18.5 Å². The maximum atomic E-state index is 12.5. The maximum Gasteiger partial charge on any atom is 0.490 e. The molecular formula is C19H31N2O15P3. The van der Waals surface area contributed by atoms with Crippen LogP contribution in [0.25, 0.3) is 0 Å². The minimum atomic E-state index is -5.84. The number of nitrogens with one attached hydrogen (secondary N) is 1. The molecule has 20 heteroatoms. The smallest absolute Gasteiger partial charge is 0.387 e. The summed E-state index contributed by atoms with van der Waals surface area (Å²) in [7, 11) is -17.1. The van der Waals surface area contributed by atoms with Crippen LogP contribution in [-0.4, -0.2) is 63.8 Å². The Hall–Kier alpha value is -1.55. The fourth-order valence-corrected chi connectivity index (χ4v) is 6.77. The highest BCUT2D eigenvalue weighted by Crippen LogP contribution is 2.66. The zero-order valence-electron chi connectivity index (χ0n) is 21.0. The molecule has 2 rings (SSSR count). The number of aliphatic hydroxyl groups excluding tert-OH is 2. The number of aromatic nitrogens is 2. The highest BCUT2D eigenvalue weighted by atomic mass is 31.3. The van der Waals surface area contributed by atoms with Crippen molar-refractivity contribution in [3.63, 3.8) is 0 Å². The summed E-state index contributed by atoms with van der Waals surface area (Å²) in [5.74, 6) is 0. The van der Waals surface area contributed by atoms with Crippen LogP contribution >= 0.6 is 23.5 Å². The minimum Gasteiger partial charge on any atom is -0.387 e. The number of H-pyrrole nitrogens is 1. The van der Waals surface area contributed by atoms with Gasteiger partial charge in [0.15, 0.2) is 6.23 Å². The quantitative estimate of drug-likeness (QED) is 0.120. The Labute approximate surface area is 221 Å². The van der Waals surface area contributed by atoms with Gasteiger partial charge < -0.3 is 34.5 Å². The van der Waals surface area contributed by atoms with Crippen LogP contribution < -0.4 is 11.2 Å². The van der Waals surface area contributed by atoms with Crippen LogP contribution in [0.5, 0.6) is 0 Å². The Bertz CT molecular complexity index is 1330. The predicted octanol–water partition coefficient (Wildman–Crippen LogP) is 0.950. The lowest BCUT2D eigenvalue weighted by Gasteiger charge is -2.27. The number of allylic oxidation sites excluding steroid dienone is 3. The summed E-state index contributed by atoms with van der Waals surface area (Å²) in [6.07, 6.45) is -3.21. The molecule has 1 saturated heterocycles. The molecule has 0 saturated carbocycles. The van der Waals surface area contributed by atoms with E-state index in [1.54, 1.807) is 6.92 Å². The second kappa shape index (κ2) is 13.4. The molecule has 7 atom stereocenters. The Morgan fingerprint density at radius 2 is 1.69 bits per heavy atom. The molecule has 1 aromatic heterocycles. The number of aliphatic hydroxyl groups is 2. The van der Waals surface area contributed by atoms with Gasteiger partial charge in [0.2, 0.25) is 0 Å². The maximum absolute atomic E-state index is 12.5. The highest BCUT2D eigenvalue weighted by Gasteiger charge is 2.50. The normalized spacial score (nSPS) is 26.0. The van der Waals surface area contributed by atoms with E-state index >= 15 is 0 Å². The minimum absolute atomic E-state index is 0.300. The molecule has 2 heterocycles. The van der Waals surface area contributed by atoms with Crippen molar-refractivity contribution in [2.75, 3.05) is 0 Å². The average molecular weight is 620 g/mol. The van der Waals surface area contributed by atoms with Gasteiger partial charge in [0, 0.05) is 12.3 Å². The fourth-order valence-electron chi connectivity index (χ4n) is 3.57. The van der Waals surface area contributed by atoms with Gasteiger partial charge in [0.05, 0.1) is 0 Å². The molecule has 0 radical (unpaired) electrons. The van der Waals surface area contributed by atoms with E-state index in [1.807, 2.05) is 24.9 Å². The van der Waals surface area contributed by atoms with Crippen LogP contribution in [0, 0.1) is 0 Å². The largest absolute Gasteiger partial charge is 0.490 e. The number of hydrogen-bond donors (Lipinski definition) is 7. The molecule has 1 fully saturated rings. The first-order valence-electron chi connectivity index (χ1n) is 11.2. The molecule has 1 aliphatic heterocycles. The first-order valence-corrected chi connectivity index (χ1v) is 15.8. The van der Waals surface area contributed by atoms with E-state index in [1.165, 1.54) is 6.08 Å². The molecule has 0 spiro atoms. The van der Waals surface area contributed by atoms with Gasteiger partial charge >= 0.3 is 29.2 Å². The van der Waals surface area contributed by atoms with Gasteiger partial charge in [-0.05, 0) is 40.0 Å². The van der Waals surface area contributed by atoms with Crippen molar-refractivity contribution in [2.45, 2.75) is 70.7 Å². The first kappa shape index (κ1) is 33.7. The fraction of sp³-hybridized carbons (Fsp3) is 0.579. The number of ether oxygens (including phenoxy) is 1. The Kier molecular flexibility index (Phi) is 11.6. The van der Waals surface area contributed by atoms with Crippen LogP contribution in [0.3, 0.4) is 0 Å². The van der Waals surface area contributed by atoms with Gasteiger partial charge in [0.1, 0.15) is 24.4 Å². The topological polar surface area (TPSA) is 264 Å². The standard InChI is InChI=1S/C19H31N2O15P3/c1-11(2)5-4-6-12(3)7-8-13(34-38(29,30)36-39(31,32)35-37(26,27)28)17-15(23)16(24)18(33-17)21-10-9-14(22)20-19(21)25/h5,7,9-10,13,15-18,23-24H,4,6,8H2,1-3H3,(H,29,30)(H,31,32)(H,20,22,25)(H2,26,27,28)/t13?,15-,16+,17+,18+/m0/s1. The number of aromatic amines is 1. The Morgan fingerprint density at radius 1 is 1.05 bits per heavy atom. The third-order valence-corrected chi connectivity index (χ3v) is 9.11. The van der Waals surface area contributed by atoms with Crippen LogP contribution in [0.15, 0.2) is 45.2 Å². The monoisotopic (exact) mass is 620 g/mol. The van der Waals surface area contributed by atoms with Crippen LogP contribution in [-0.2, 0) is 31.6 Å². The van der Waals surface area contributed by atoms with Crippen molar-refractivity contribution in [3.05, 3.63) is 56.4 Å². The lowest BCUT2D eigenvalue weighted by Crippen LogP contribution is -2.40. The molecule has 1 aromatic rings. The summed E-state index contributed by atoms with van der Waals surface area (Å²) in [6.45, 7) is 5.54. The van der Waals surface area contributed by atoms with Crippen molar-refractivity contribution in [3.8, 4) is 0 Å². The molecule has 17 nitrogen and oxygen atoms in total. The predicted molar refractivity (Wildman–Crippen MR) is 133 cm³/mol. The van der Waals surface area contributed by atoms with Crippen molar-refractivity contribution < 1.29 is 61.4 Å². The zero-order chi connectivity index (χ0) is 29.8. The SMILES string of the molecule is CC(C)=CCCC(C)=CCC(OP(=O)(O)OP(=O)(O)OP(=O)(O)O)[C@H]1O[C@@H](n2ccc(=O)[nH]c2=O)[C@H](O)[C@@H]1O. The number of phosphoric ester groups is 1. The average Bonchev–Trinajstić information content (AvgIpc) is 3.03. The zero-order valence-corrected chi connectivity index (χ0v) is 23.6. The Morgan fingerprint density at radius 3 is 2.26 bits per heavy atom. The third kappa shape index (κ3) is 10.7. The van der Waals surface area contributed by atoms with Crippen LogP contribution in [0.2, 0.25) is 0 Å². The second-order valence-corrected chi connectivity index (χ2v) is 13.2. The van der Waals surface area contributed by atoms with Crippen LogP contribution in [0.4, 0.5) is 0 Å². The lowest BCUT2D eigenvalue weighted by molar-refractivity contribution is -0.0823. The lowest BCUT2D eigenvalue weighted by atomic mass is 10.0. The Balaban J connectivity index is 2.36. The van der Waals surface area contributed by atoms with Crippen molar-refractivity contribution in [2.24, 2.45) is 0 Å². The van der Waals surface area contributed by atoms with Crippen LogP contribution in [0.1, 0.15) is 46.3 Å². The number of nitrogens with zero attached hydrogens (tertiary/aromatic N) is 1. The van der Waals surface area contributed by atoms with E-state index < -0.39 is 65.4 Å². The van der Waals surface area contributed by atoms with Gasteiger partial charge in [-0.1, -0.05) is 23.3 Å². The van der Waals surface area contributed by atoms with E-state index in [9.17, 15) is 43.3 Å². The molecule has 1 aliphatic rings. The molecule has 0 aromatic carbocycles. The highest BCUT2D eigenvalue weighted by molar-refractivity contribution is 7.66. The molecule has 0 bridgehead atoms. The summed E-state index contributed by atoms with van der Waals surface area (Å²) in [5.41, 5.74) is 0.0844. The van der Waals surface area contributed by atoms with E-state index in [4.69, 9.17) is 19.0 Å². The third-order valence-electron chi connectivity index (χ3n) is 5.24.